The molecule has 1 saturated carbocycles. The zero-order valence-corrected chi connectivity index (χ0v) is 13.9. The van der Waals surface area contributed by atoms with Gasteiger partial charge in [0.15, 0.2) is 0 Å². The van der Waals surface area contributed by atoms with Crippen LogP contribution in [0.25, 0.3) is 0 Å². The summed E-state index contributed by atoms with van der Waals surface area (Å²) >= 11 is 0. The molecule has 2 heterocycles. The minimum Gasteiger partial charge on any atom is -0.335 e. The van der Waals surface area contributed by atoms with Crippen LogP contribution in [-0.4, -0.2) is 52.3 Å². The normalized spacial score (nSPS) is 19.8. The quantitative estimate of drug-likeness (QED) is 0.680. The first-order chi connectivity index (χ1) is 11.7. The number of anilines is 1. The van der Waals surface area contributed by atoms with Crippen molar-refractivity contribution in [1.82, 2.24) is 25.7 Å². The van der Waals surface area contributed by atoms with Crippen molar-refractivity contribution in [2.24, 2.45) is 0 Å². The summed E-state index contributed by atoms with van der Waals surface area (Å²) in [4.78, 5) is 26.0. The largest absolute Gasteiger partial charge is 0.335 e. The Morgan fingerprint density at radius 3 is 2.33 bits per heavy atom. The van der Waals surface area contributed by atoms with Crippen LogP contribution in [0.5, 0.6) is 0 Å². The molecule has 8 nitrogen and oxygen atoms in total. The Morgan fingerprint density at radius 2 is 1.71 bits per heavy atom. The van der Waals surface area contributed by atoms with Crippen molar-refractivity contribution < 1.29 is 9.59 Å². The van der Waals surface area contributed by atoms with E-state index in [2.05, 4.69) is 26.1 Å². The molecule has 24 heavy (non-hydrogen) atoms. The number of rotatable bonds is 3. The maximum absolute atomic E-state index is 12.1. The molecule has 8 heteroatoms. The molecule has 4 amide bonds. The van der Waals surface area contributed by atoms with Crippen LogP contribution in [0.1, 0.15) is 44.9 Å². The first kappa shape index (κ1) is 16.6. The first-order valence-electron chi connectivity index (χ1n) is 8.82. The lowest BCUT2D eigenvalue weighted by molar-refractivity contribution is 0.186. The number of urea groups is 2. The van der Waals surface area contributed by atoms with Gasteiger partial charge in [0.25, 0.3) is 0 Å². The molecule has 1 aromatic heterocycles. The second-order valence-corrected chi connectivity index (χ2v) is 6.63. The summed E-state index contributed by atoms with van der Waals surface area (Å²) in [5.74, 6) is 0. The molecule has 2 aliphatic rings. The van der Waals surface area contributed by atoms with Gasteiger partial charge in [-0.05, 0) is 25.7 Å². The van der Waals surface area contributed by atoms with Crippen LogP contribution in [0.4, 0.5) is 15.3 Å². The van der Waals surface area contributed by atoms with E-state index in [0.717, 1.165) is 25.7 Å². The Bertz CT molecular complexity index is 533. The standard InChI is InChI=1S/C16H26N6O2/c23-15(19-12-4-2-1-3-5-12)20-13-6-8-22(9-7-13)16(24)21-14-10-17-18-11-14/h10-13H,1-9H2,(H,17,18)(H,21,24)(H2,19,20,23). The van der Waals surface area contributed by atoms with Crippen molar-refractivity contribution in [1.29, 1.82) is 0 Å². The highest BCUT2D eigenvalue weighted by Gasteiger charge is 2.25. The highest BCUT2D eigenvalue weighted by molar-refractivity contribution is 5.89. The molecule has 3 rings (SSSR count). The van der Waals surface area contributed by atoms with Gasteiger partial charge < -0.3 is 20.9 Å². The van der Waals surface area contributed by atoms with E-state index in [-0.39, 0.29) is 18.1 Å². The Balaban J connectivity index is 1.36. The minimum absolute atomic E-state index is 0.0665. The predicted molar refractivity (Wildman–Crippen MR) is 90.7 cm³/mol. The molecular weight excluding hydrogens is 308 g/mol. The number of hydrogen-bond acceptors (Lipinski definition) is 3. The number of aromatic amines is 1. The van der Waals surface area contributed by atoms with Gasteiger partial charge >= 0.3 is 12.1 Å². The molecule has 1 aliphatic carbocycles. The maximum Gasteiger partial charge on any atom is 0.321 e. The zero-order valence-electron chi connectivity index (χ0n) is 13.9. The predicted octanol–water partition coefficient (Wildman–Crippen LogP) is 2.04. The molecule has 0 unspecified atom stereocenters. The number of piperidine rings is 1. The number of likely N-dealkylation sites (tertiary alicyclic amines) is 1. The third-order valence-electron chi connectivity index (χ3n) is 4.81. The number of H-pyrrole nitrogens is 1. The van der Waals surface area contributed by atoms with Crippen LogP contribution in [0.3, 0.4) is 0 Å². The number of nitrogens with zero attached hydrogens (tertiary/aromatic N) is 2. The van der Waals surface area contributed by atoms with Crippen LogP contribution in [0.2, 0.25) is 0 Å². The van der Waals surface area contributed by atoms with Crippen molar-refractivity contribution in [2.45, 2.75) is 57.0 Å². The number of carbonyl (C=O) groups is 2. The summed E-state index contributed by atoms with van der Waals surface area (Å²) in [6, 6.07) is 0.260. The molecule has 1 aliphatic heterocycles. The highest BCUT2D eigenvalue weighted by atomic mass is 16.2. The van der Waals surface area contributed by atoms with E-state index in [0.29, 0.717) is 24.8 Å². The number of aromatic nitrogens is 2. The SMILES string of the molecule is O=C(NC1CCCCC1)NC1CCN(C(=O)Nc2cn[nH]c2)CC1. The highest BCUT2D eigenvalue weighted by Crippen LogP contribution is 2.17. The molecule has 4 N–H and O–H groups in total. The van der Waals surface area contributed by atoms with Gasteiger partial charge in [0.2, 0.25) is 0 Å². The summed E-state index contributed by atoms with van der Waals surface area (Å²) in [5, 5.41) is 15.4. The summed E-state index contributed by atoms with van der Waals surface area (Å²) in [6.45, 7) is 1.27. The number of carbonyl (C=O) groups excluding carboxylic acids is 2. The van der Waals surface area contributed by atoms with Gasteiger partial charge in [-0.25, -0.2) is 9.59 Å². The van der Waals surface area contributed by atoms with Gasteiger partial charge in [-0.1, -0.05) is 19.3 Å². The Morgan fingerprint density at radius 1 is 1.04 bits per heavy atom. The van der Waals surface area contributed by atoms with E-state index < -0.39 is 0 Å². The third kappa shape index (κ3) is 4.62. The lowest BCUT2D eigenvalue weighted by Crippen LogP contribution is -2.51. The first-order valence-corrected chi connectivity index (χ1v) is 8.82. The lowest BCUT2D eigenvalue weighted by Gasteiger charge is -2.33. The summed E-state index contributed by atoms with van der Waals surface area (Å²) in [7, 11) is 0. The zero-order chi connectivity index (χ0) is 16.8. The number of nitrogens with one attached hydrogen (secondary N) is 4. The van der Waals surface area contributed by atoms with E-state index in [1.807, 2.05) is 0 Å². The molecular formula is C16H26N6O2. The van der Waals surface area contributed by atoms with Crippen LogP contribution in [0.15, 0.2) is 12.4 Å². The van der Waals surface area contributed by atoms with E-state index in [4.69, 9.17) is 0 Å². The molecule has 2 fully saturated rings. The fraction of sp³-hybridized carbons (Fsp3) is 0.688. The number of amides is 4. The van der Waals surface area contributed by atoms with Crippen LogP contribution < -0.4 is 16.0 Å². The second-order valence-electron chi connectivity index (χ2n) is 6.63. The van der Waals surface area contributed by atoms with Crippen molar-refractivity contribution >= 4 is 17.7 Å². The monoisotopic (exact) mass is 334 g/mol. The average molecular weight is 334 g/mol. The molecule has 0 atom stereocenters. The molecule has 132 valence electrons. The topological polar surface area (TPSA) is 102 Å². The summed E-state index contributed by atoms with van der Waals surface area (Å²) < 4.78 is 0. The maximum atomic E-state index is 12.1. The van der Waals surface area contributed by atoms with E-state index in [1.165, 1.54) is 19.3 Å². The summed E-state index contributed by atoms with van der Waals surface area (Å²) in [6.07, 6.45) is 10.6. The van der Waals surface area contributed by atoms with Crippen molar-refractivity contribution in [2.75, 3.05) is 18.4 Å². The van der Waals surface area contributed by atoms with Crippen molar-refractivity contribution in [3.63, 3.8) is 0 Å². The van der Waals surface area contributed by atoms with Crippen LogP contribution in [-0.2, 0) is 0 Å². The van der Waals surface area contributed by atoms with Gasteiger partial charge in [-0.3, -0.25) is 5.10 Å². The van der Waals surface area contributed by atoms with Crippen LogP contribution >= 0.6 is 0 Å². The average Bonchev–Trinajstić information content (AvgIpc) is 3.09. The molecule has 1 saturated heterocycles. The second kappa shape index (κ2) is 8.03. The molecule has 0 bridgehead atoms. The van der Waals surface area contributed by atoms with E-state index in [1.54, 1.807) is 17.3 Å². The fourth-order valence-corrected chi connectivity index (χ4v) is 3.41. The van der Waals surface area contributed by atoms with Gasteiger partial charge in [0, 0.05) is 31.4 Å². The van der Waals surface area contributed by atoms with Gasteiger partial charge in [0.05, 0.1) is 11.9 Å². The molecule has 0 spiro atoms. The Labute approximate surface area is 141 Å². The summed E-state index contributed by atoms with van der Waals surface area (Å²) in [5.41, 5.74) is 0.659. The van der Waals surface area contributed by atoms with Gasteiger partial charge in [-0.2, -0.15) is 5.10 Å². The van der Waals surface area contributed by atoms with Gasteiger partial charge in [0.1, 0.15) is 0 Å². The van der Waals surface area contributed by atoms with E-state index in [9.17, 15) is 9.59 Å². The lowest BCUT2D eigenvalue weighted by atomic mass is 9.96. The smallest absolute Gasteiger partial charge is 0.321 e. The van der Waals surface area contributed by atoms with Gasteiger partial charge in [-0.15, -0.1) is 0 Å². The third-order valence-corrected chi connectivity index (χ3v) is 4.81. The number of hydrogen-bond donors (Lipinski definition) is 4. The molecule has 0 aromatic carbocycles. The molecule has 0 radical (unpaired) electrons. The minimum atomic E-state index is -0.124. The van der Waals surface area contributed by atoms with E-state index >= 15 is 0 Å². The molecule has 1 aromatic rings. The Kier molecular flexibility index (Phi) is 5.55. The van der Waals surface area contributed by atoms with Crippen molar-refractivity contribution in [3.8, 4) is 0 Å². The van der Waals surface area contributed by atoms with Crippen LogP contribution in [0, 0.1) is 0 Å². The van der Waals surface area contributed by atoms with Crippen molar-refractivity contribution in [3.05, 3.63) is 12.4 Å². The fourth-order valence-electron chi connectivity index (χ4n) is 3.41. The Hall–Kier alpha value is -2.25.